The smallest absolute Gasteiger partial charge is 0.264 e. The van der Waals surface area contributed by atoms with E-state index >= 15 is 0 Å². The van der Waals surface area contributed by atoms with E-state index in [0.29, 0.717) is 24.4 Å². The maximum atomic E-state index is 12.9. The highest BCUT2D eigenvalue weighted by atomic mass is 32.1. The number of nitrogens with zero attached hydrogens (tertiary/aromatic N) is 1. The van der Waals surface area contributed by atoms with Crippen LogP contribution in [0.2, 0.25) is 0 Å². The molecule has 0 saturated carbocycles. The summed E-state index contributed by atoms with van der Waals surface area (Å²) in [6.07, 6.45) is 0.606. The van der Waals surface area contributed by atoms with E-state index in [1.165, 1.54) is 23.5 Å². The number of hydrogen-bond donors (Lipinski definition) is 1. The molecule has 5 heteroatoms. The number of rotatable bonds is 2. The van der Waals surface area contributed by atoms with E-state index < -0.39 is 5.60 Å². The Balaban J connectivity index is 1.79. The third-order valence-corrected chi connectivity index (χ3v) is 4.81. The van der Waals surface area contributed by atoms with Crippen molar-refractivity contribution in [2.75, 3.05) is 13.1 Å². The number of amides is 1. The van der Waals surface area contributed by atoms with Gasteiger partial charge in [0.25, 0.3) is 5.91 Å². The minimum atomic E-state index is -0.785. The maximum absolute atomic E-state index is 12.9. The maximum Gasteiger partial charge on any atom is 0.264 e. The van der Waals surface area contributed by atoms with E-state index in [4.69, 9.17) is 0 Å². The van der Waals surface area contributed by atoms with Crippen LogP contribution in [0.15, 0.2) is 36.4 Å². The van der Waals surface area contributed by atoms with E-state index in [9.17, 15) is 14.3 Å². The first kappa shape index (κ1) is 14.2. The van der Waals surface area contributed by atoms with Crippen molar-refractivity contribution in [2.24, 2.45) is 0 Å². The van der Waals surface area contributed by atoms with E-state index in [1.54, 1.807) is 30.0 Å². The van der Waals surface area contributed by atoms with Gasteiger partial charge in [0, 0.05) is 18.0 Å². The molecule has 1 saturated heterocycles. The molecule has 3 rings (SSSR count). The van der Waals surface area contributed by atoms with Gasteiger partial charge in [-0.2, -0.15) is 0 Å². The van der Waals surface area contributed by atoms with Crippen molar-refractivity contribution >= 4 is 17.2 Å². The second kappa shape index (κ2) is 5.24. The molecular formula is C16H16FNO2S. The lowest BCUT2D eigenvalue weighted by Crippen LogP contribution is -2.33. The zero-order chi connectivity index (χ0) is 15.0. The summed E-state index contributed by atoms with van der Waals surface area (Å²) in [5, 5.41) is 9.94. The molecule has 1 aromatic carbocycles. The second-order valence-electron chi connectivity index (χ2n) is 5.64. The predicted octanol–water partition coefficient (Wildman–Crippen LogP) is 3.15. The highest BCUT2D eigenvalue weighted by Gasteiger charge is 2.34. The van der Waals surface area contributed by atoms with Crippen LogP contribution in [0.25, 0.3) is 10.4 Å². The van der Waals surface area contributed by atoms with Crippen LogP contribution in [0, 0.1) is 5.82 Å². The average molecular weight is 305 g/mol. The Morgan fingerprint density at radius 1 is 1.29 bits per heavy atom. The Labute approximate surface area is 126 Å². The standard InChI is InChI=1S/C16H16FNO2S/c1-16(20)8-9-18(10-16)15(19)14-7-6-13(21-14)11-2-4-12(17)5-3-11/h2-7,20H,8-10H2,1H3. The van der Waals surface area contributed by atoms with E-state index in [-0.39, 0.29) is 11.7 Å². The fourth-order valence-electron chi connectivity index (χ4n) is 2.50. The van der Waals surface area contributed by atoms with Gasteiger partial charge in [-0.25, -0.2) is 4.39 Å². The fraction of sp³-hybridized carbons (Fsp3) is 0.312. The first-order valence-electron chi connectivity index (χ1n) is 6.82. The lowest BCUT2D eigenvalue weighted by atomic mass is 10.1. The molecule has 0 radical (unpaired) electrons. The van der Waals surface area contributed by atoms with Gasteiger partial charge in [0.05, 0.1) is 10.5 Å². The Hall–Kier alpha value is -1.72. The molecule has 21 heavy (non-hydrogen) atoms. The van der Waals surface area contributed by atoms with Crippen LogP contribution in [0.1, 0.15) is 23.0 Å². The summed E-state index contributed by atoms with van der Waals surface area (Å²) in [7, 11) is 0. The van der Waals surface area contributed by atoms with Crippen LogP contribution in [0.4, 0.5) is 4.39 Å². The summed E-state index contributed by atoms with van der Waals surface area (Å²) in [4.78, 5) is 15.7. The van der Waals surface area contributed by atoms with Gasteiger partial charge in [0.2, 0.25) is 0 Å². The van der Waals surface area contributed by atoms with Crippen LogP contribution < -0.4 is 0 Å². The summed E-state index contributed by atoms with van der Waals surface area (Å²) in [5.74, 6) is -0.322. The first-order chi connectivity index (χ1) is 9.94. The molecule has 1 N–H and O–H groups in total. The van der Waals surface area contributed by atoms with Crippen molar-refractivity contribution in [2.45, 2.75) is 18.9 Å². The first-order valence-corrected chi connectivity index (χ1v) is 7.64. The molecule has 1 aliphatic rings. The number of carbonyl (C=O) groups excluding carboxylic acids is 1. The van der Waals surface area contributed by atoms with Crippen molar-refractivity contribution in [3.63, 3.8) is 0 Å². The number of carbonyl (C=O) groups is 1. The van der Waals surface area contributed by atoms with Gasteiger partial charge in [-0.3, -0.25) is 4.79 Å². The molecule has 2 heterocycles. The van der Waals surface area contributed by atoms with Gasteiger partial charge in [-0.1, -0.05) is 12.1 Å². The third kappa shape index (κ3) is 2.99. The Morgan fingerprint density at radius 3 is 2.62 bits per heavy atom. The normalized spacial score (nSPS) is 21.8. The average Bonchev–Trinajstić information content (AvgIpc) is 3.05. The molecule has 1 unspecified atom stereocenters. The number of β-amino-alcohol motifs (C(OH)–C–C–N with tert-alkyl or cyclic N) is 1. The largest absolute Gasteiger partial charge is 0.388 e. The number of hydrogen-bond acceptors (Lipinski definition) is 3. The Bertz CT molecular complexity index is 663. The fourth-order valence-corrected chi connectivity index (χ4v) is 3.48. The summed E-state index contributed by atoms with van der Waals surface area (Å²) < 4.78 is 12.9. The van der Waals surface area contributed by atoms with Gasteiger partial charge < -0.3 is 10.0 Å². The molecule has 0 aliphatic carbocycles. The van der Waals surface area contributed by atoms with Crippen molar-refractivity contribution in [3.8, 4) is 10.4 Å². The van der Waals surface area contributed by atoms with Gasteiger partial charge >= 0.3 is 0 Å². The quantitative estimate of drug-likeness (QED) is 0.926. The molecule has 1 aliphatic heterocycles. The number of aliphatic hydroxyl groups is 1. The number of likely N-dealkylation sites (tertiary alicyclic amines) is 1. The predicted molar refractivity (Wildman–Crippen MR) is 80.9 cm³/mol. The summed E-state index contributed by atoms with van der Waals surface area (Å²) in [6.45, 7) is 2.70. The topological polar surface area (TPSA) is 40.5 Å². The molecule has 2 aromatic rings. The Morgan fingerprint density at radius 2 is 2.00 bits per heavy atom. The van der Waals surface area contributed by atoms with E-state index in [2.05, 4.69) is 0 Å². The number of thiophene rings is 1. The van der Waals surface area contributed by atoms with Gasteiger partial charge in [-0.15, -0.1) is 11.3 Å². The monoisotopic (exact) mass is 305 g/mol. The molecule has 1 fully saturated rings. The lowest BCUT2D eigenvalue weighted by molar-refractivity contribution is 0.0575. The molecule has 0 spiro atoms. The zero-order valence-electron chi connectivity index (χ0n) is 11.7. The highest BCUT2D eigenvalue weighted by Crippen LogP contribution is 2.30. The van der Waals surface area contributed by atoms with Crippen molar-refractivity contribution in [3.05, 3.63) is 47.1 Å². The molecule has 1 amide bonds. The minimum Gasteiger partial charge on any atom is -0.388 e. The minimum absolute atomic E-state index is 0.0499. The summed E-state index contributed by atoms with van der Waals surface area (Å²) >= 11 is 1.39. The SMILES string of the molecule is CC1(O)CCN(C(=O)c2ccc(-c3ccc(F)cc3)s2)C1. The van der Waals surface area contributed by atoms with Crippen LogP contribution in [0.5, 0.6) is 0 Å². The van der Waals surface area contributed by atoms with Crippen molar-refractivity contribution in [1.29, 1.82) is 0 Å². The lowest BCUT2D eigenvalue weighted by Gasteiger charge is -2.18. The zero-order valence-corrected chi connectivity index (χ0v) is 12.5. The molecule has 3 nitrogen and oxygen atoms in total. The summed E-state index contributed by atoms with van der Waals surface area (Å²) in [6, 6.07) is 9.90. The molecule has 1 aromatic heterocycles. The molecular weight excluding hydrogens is 289 g/mol. The van der Waals surface area contributed by atoms with Crippen LogP contribution >= 0.6 is 11.3 Å². The third-order valence-electron chi connectivity index (χ3n) is 3.68. The van der Waals surface area contributed by atoms with Crippen molar-refractivity contribution in [1.82, 2.24) is 4.90 Å². The molecule has 0 bridgehead atoms. The Kier molecular flexibility index (Phi) is 3.55. The second-order valence-corrected chi connectivity index (χ2v) is 6.73. The van der Waals surface area contributed by atoms with Gasteiger partial charge in [0.1, 0.15) is 5.82 Å². The van der Waals surface area contributed by atoms with Crippen LogP contribution in [0.3, 0.4) is 0 Å². The van der Waals surface area contributed by atoms with Gasteiger partial charge in [-0.05, 0) is 43.2 Å². The highest BCUT2D eigenvalue weighted by molar-refractivity contribution is 7.17. The molecule has 1 atom stereocenters. The summed E-state index contributed by atoms with van der Waals surface area (Å²) in [5.41, 5.74) is 0.112. The number of halogens is 1. The van der Waals surface area contributed by atoms with Crippen LogP contribution in [-0.4, -0.2) is 34.6 Å². The number of benzene rings is 1. The van der Waals surface area contributed by atoms with E-state index in [0.717, 1.165) is 10.4 Å². The van der Waals surface area contributed by atoms with E-state index in [1.807, 2.05) is 6.07 Å². The van der Waals surface area contributed by atoms with Gasteiger partial charge in [0.15, 0.2) is 0 Å². The molecule has 110 valence electrons. The van der Waals surface area contributed by atoms with Crippen molar-refractivity contribution < 1.29 is 14.3 Å². The van der Waals surface area contributed by atoms with Crippen LogP contribution in [-0.2, 0) is 0 Å².